The second-order valence-corrected chi connectivity index (χ2v) is 5.52. The summed E-state index contributed by atoms with van der Waals surface area (Å²) in [6.45, 7) is 7.31. The van der Waals surface area contributed by atoms with Crippen LogP contribution in [0.25, 0.3) is 0 Å². The average Bonchev–Trinajstić information content (AvgIpc) is 2.05. The molecule has 90 valence electrons. The van der Waals surface area contributed by atoms with Crippen LogP contribution in [-0.4, -0.2) is 45.9 Å². The number of piperidine rings is 1. The van der Waals surface area contributed by atoms with Gasteiger partial charge in [0.25, 0.3) is 0 Å². The van der Waals surface area contributed by atoms with Gasteiger partial charge in [-0.05, 0) is 46.6 Å². The molecule has 15 heavy (non-hydrogen) atoms. The maximum atomic E-state index is 9.82. The van der Waals surface area contributed by atoms with Crippen LogP contribution in [-0.2, 0) is 0 Å². The van der Waals surface area contributed by atoms with Crippen molar-refractivity contribution in [1.82, 2.24) is 4.90 Å². The molecule has 2 atom stereocenters. The Kier molecular flexibility index (Phi) is 4.56. The third kappa shape index (κ3) is 4.96. The quantitative estimate of drug-likeness (QED) is 0.744. The molecule has 0 amide bonds. The van der Waals surface area contributed by atoms with Gasteiger partial charge in [-0.1, -0.05) is 6.42 Å². The fourth-order valence-corrected chi connectivity index (χ4v) is 2.43. The average molecular weight is 215 g/mol. The maximum Gasteiger partial charge on any atom is 0.0718 e. The summed E-state index contributed by atoms with van der Waals surface area (Å²) >= 11 is 0. The standard InChI is InChI=1S/C12H25NO2/c1-10(14)8-11-6-4-5-7-13(11)9-12(2,3)15/h10-11,14-15H,4-9H2,1-3H3. The minimum atomic E-state index is -0.631. The summed E-state index contributed by atoms with van der Waals surface area (Å²) in [4.78, 5) is 2.33. The van der Waals surface area contributed by atoms with Gasteiger partial charge in [0, 0.05) is 12.6 Å². The van der Waals surface area contributed by atoms with E-state index in [1.807, 2.05) is 20.8 Å². The number of nitrogens with zero attached hydrogens (tertiary/aromatic N) is 1. The summed E-state index contributed by atoms with van der Waals surface area (Å²) < 4.78 is 0. The monoisotopic (exact) mass is 215 g/mol. The highest BCUT2D eigenvalue weighted by molar-refractivity contribution is 4.82. The molecule has 2 unspecified atom stereocenters. The predicted octanol–water partition coefficient (Wildman–Crippen LogP) is 1.38. The molecule has 0 aromatic heterocycles. The van der Waals surface area contributed by atoms with Crippen LogP contribution in [0.5, 0.6) is 0 Å². The van der Waals surface area contributed by atoms with Crippen LogP contribution < -0.4 is 0 Å². The number of aliphatic hydroxyl groups is 2. The Labute approximate surface area is 93.1 Å². The second kappa shape index (κ2) is 5.28. The largest absolute Gasteiger partial charge is 0.393 e. The van der Waals surface area contributed by atoms with Crippen molar-refractivity contribution in [3.05, 3.63) is 0 Å². The molecular formula is C12H25NO2. The van der Waals surface area contributed by atoms with E-state index in [1.165, 1.54) is 12.8 Å². The number of β-amino-alcohol motifs (C(OH)–C–C–N with tert-alkyl or cyclic N) is 1. The van der Waals surface area contributed by atoms with Crippen LogP contribution in [0.1, 0.15) is 46.5 Å². The number of likely N-dealkylation sites (tertiary alicyclic amines) is 1. The van der Waals surface area contributed by atoms with Crippen molar-refractivity contribution in [2.45, 2.75) is 64.2 Å². The predicted molar refractivity (Wildman–Crippen MR) is 61.8 cm³/mol. The zero-order valence-electron chi connectivity index (χ0n) is 10.2. The molecule has 1 aliphatic heterocycles. The molecule has 1 saturated heterocycles. The lowest BCUT2D eigenvalue weighted by atomic mass is 9.95. The van der Waals surface area contributed by atoms with Gasteiger partial charge in [0.1, 0.15) is 0 Å². The van der Waals surface area contributed by atoms with Crippen LogP contribution in [0.4, 0.5) is 0 Å². The van der Waals surface area contributed by atoms with Gasteiger partial charge in [0.15, 0.2) is 0 Å². The van der Waals surface area contributed by atoms with Crippen LogP contribution >= 0.6 is 0 Å². The van der Waals surface area contributed by atoms with Gasteiger partial charge in [-0.3, -0.25) is 4.90 Å². The van der Waals surface area contributed by atoms with Gasteiger partial charge in [-0.25, -0.2) is 0 Å². The summed E-state index contributed by atoms with van der Waals surface area (Å²) in [7, 11) is 0. The van der Waals surface area contributed by atoms with Gasteiger partial charge in [0.2, 0.25) is 0 Å². The van der Waals surface area contributed by atoms with E-state index in [4.69, 9.17) is 0 Å². The molecule has 3 nitrogen and oxygen atoms in total. The van der Waals surface area contributed by atoms with E-state index in [1.54, 1.807) is 0 Å². The third-order valence-corrected chi connectivity index (χ3v) is 2.95. The molecule has 1 fully saturated rings. The summed E-state index contributed by atoms with van der Waals surface area (Å²) in [5.41, 5.74) is -0.631. The van der Waals surface area contributed by atoms with E-state index < -0.39 is 5.60 Å². The number of aliphatic hydroxyl groups excluding tert-OH is 1. The van der Waals surface area contributed by atoms with E-state index in [0.717, 1.165) is 19.4 Å². The zero-order valence-corrected chi connectivity index (χ0v) is 10.2. The van der Waals surface area contributed by atoms with Crippen molar-refractivity contribution in [1.29, 1.82) is 0 Å². The summed E-state index contributed by atoms with van der Waals surface area (Å²) in [5, 5.41) is 19.2. The van der Waals surface area contributed by atoms with Crippen molar-refractivity contribution in [3.8, 4) is 0 Å². The summed E-state index contributed by atoms with van der Waals surface area (Å²) in [6, 6.07) is 0.449. The van der Waals surface area contributed by atoms with Gasteiger partial charge in [-0.15, -0.1) is 0 Å². The molecule has 1 heterocycles. The van der Waals surface area contributed by atoms with E-state index >= 15 is 0 Å². The third-order valence-electron chi connectivity index (χ3n) is 2.95. The lowest BCUT2D eigenvalue weighted by Gasteiger charge is -2.39. The minimum absolute atomic E-state index is 0.239. The lowest BCUT2D eigenvalue weighted by molar-refractivity contribution is -0.000836. The fraction of sp³-hybridized carbons (Fsp3) is 1.00. The Morgan fingerprint density at radius 2 is 2.07 bits per heavy atom. The Balaban J connectivity index is 2.50. The molecular weight excluding hydrogens is 190 g/mol. The van der Waals surface area contributed by atoms with Gasteiger partial charge in [0.05, 0.1) is 11.7 Å². The van der Waals surface area contributed by atoms with Crippen LogP contribution in [0.3, 0.4) is 0 Å². The number of hydrogen-bond donors (Lipinski definition) is 2. The molecule has 0 saturated carbocycles. The smallest absolute Gasteiger partial charge is 0.0718 e. The second-order valence-electron chi connectivity index (χ2n) is 5.52. The van der Waals surface area contributed by atoms with E-state index in [0.29, 0.717) is 12.6 Å². The molecule has 3 heteroatoms. The molecule has 2 N–H and O–H groups in total. The topological polar surface area (TPSA) is 43.7 Å². The Morgan fingerprint density at radius 1 is 1.40 bits per heavy atom. The molecule has 1 rings (SSSR count). The first kappa shape index (κ1) is 12.9. The Bertz CT molecular complexity index is 187. The van der Waals surface area contributed by atoms with Crippen LogP contribution in [0, 0.1) is 0 Å². The maximum absolute atomic E-state index is 9.82. The highest BCUT2D eigenvalue weighted by atomic mass is 16.3. The molecule has 0 aromatic rings. The van der Waals surface area contributed by atoms with Gasteiger partial charge >= 0.3 is 0 Å². The zero-order chi connectivity index (χ0) is 11.5. The van der Waals surface area contributed by atoms with E-state index in [9.17, 15) is 10.2 Å². The first-order valence-corrected chi connectivity index (χ1v) is 6.03. The molecule has 0 bridgehead atoms. The SMILES string of the molecule is CC(O)CC1CCCCN1CC(C)(C)O. The highest BCUT2D eigenvalue weighted by Gasteiger charge is 2.27. The Hall–Kier alpha value is -0.120. The highest BCUT2D eigenvalue weighted by Crippen LogP contribution is 2.22. The van der Waals surface area contributed by atoms with Crippen LogP contribution in [0.15, 0.2) is 0 Å². The minimum Gasteiger partial charge on any atom is -0.393 e. The first-order valence-electron chi connectivity index (χ1n) is 6.03. The molecule has 0 aromatic carbocycles. The van der Waals surface area contributed by atoms with Crippen molar-refractivity contribution < 1.29 is 10.2 Å². The number of rotatable bonds is 4. The van der Waals surface area contributed by atoms with E-state index in [2.05, 4.69) is 4.90 Å². The number of hydrogen-bond acceptors (Lipinski definition) is 3. The van der Waals surface area contributed by atoms with Crippen molar-refractivity contribution in [2.75, 3.05) is 13.1 Å². The molecule has 1 aliphatic rings. The van der Waals surface area contributed by atoms with Gasteiger partial charge in [-0.2, -0.15) is 0 Å². The first-order chi connectivity index (χ1) is 6.88. The summed E-state index contributed by atoms with van der Waals surface area (Å²) in [5.74, 6) is 0. The van der Waals surface area contributed by atoms with Crippen molar-refractivity contribution >= 4 is 0 Å². The van der Waals surface area contributed by atoms with Crippen molar-refractivity contribution in [2.24, 2.45) is 0 Å². The van der Waals surface area contributed by atoms with E-state index in [-0.39, 0.29) is 6.10 Å². The molecule has 0 spiro atoms. The van der Waals surface area contributed by atoms with Crippen LogP contribution in [0.2, 0.25) is 0 Å². The fourth-order valence-electron chi connectivity index (χ4n) is 2.43. The normalized spacial score (nSPS) is 26.6. The summed E-state index contributed by atoms with van der Waals surface area (Å²) in [6.07, 6.45) is 4.21. The van der Waals surface area contributed by atoms with Crippen molar-refractivity contribution in [3.63, 3.8) is 0 Å². The molecule has 0 radical (unpaired) electrons. The Morgan fingerprint density at radius 3 is 2.60 bits per heavy atom. The lowest BCUT2D eigenvalue weighted by Crippen LogP contribution is -2.47. The van der Waals surface area contributed by atoms with Gasteiger partial charge < -0.3 is 10.2 Å². The molecule has 0 aliphatic carbocycles.